The Kier molecular flexibility index (Phi) is 5.20. The molecule has 0 radical (unpaired) electrons. The van der Waals surface area contributed by atoms with Gasteiger partial charge >= 0.3 is 0 Å². The highest BCUT2D eigenvalue weighted by atomic mass is 19.1. The minimum atomic E-state index is -0.428. The van der Waals surface area contributed by atoms with E-state index in [-0.39, 0.29) is 28.5 Å². The number of pyridine rings is 1. The van der Waals surface area contributed by atoms with Gasteiger partial charge in [0, 0.05) is 41.3 Å². The number of carbonyl (C=O) groups is 1. The van der Waals surface area contributed by atoms with Gasteiger partial charge in [0.05, 0.1) is 11.7 Å². The summed E-state index contributed by atoms with van der Waals surface area (Å²) in [5, 5.41) is 6.90. The summed E-state index contributed by atoms with van der Waals surface area (Å²) in [4.78, 5) is 26.3. The zero-order valence-corrected chi connectivity index (χ0v) is 18.2. The molecule has 0 saturated heterocycles. The van der Waals surface area contributed by atoms with E-state index in [1.54, 1.807) is 36.8 Å². The van der Waals surface area contributed by atoms with Crippen molar-refractivity contribution in [3.05, 3.63) is 83.9 Å². The number of halogens is 1. The number of benzene rings is 1. The Morgan fingerprint density at radius 3 is 2.76 bits per heavy atom. The first-order valence-electron chi connectivity index (χ1n) is 10.7. The van der Waals surface area contributed by atoms with E-state index in [1.807, 2.05) is 12.1 Å². The second-order valence-electron chi connectivity index (χ2n) is 8.96. The van der Waals surface area contributed by atoms with E-state index < -0.39 is 11.7 Å². The molecule has 0 aliphatic heterocycles. The smallest absolute Gasteiger partial charge is 0.290 e. The van der Waals surface area contributed by atoms with Crippen LogP contribution in [0.2, 0.25) is 0 Å². The van der Waals surface area contributed by atoms with Crippen molar-refractivity contribution in [1.29, 1.82) is 0 Å². The summed E-state index contributed by atoms with van der Waals surface area (Å²) in [6, 6.07) is 11.1. The second kappa shape index (κ2) is 8.20. The minimum Gasteiger partial charge on any atom is -0.350 e. The molecule has 1 aliphatic carbocycles. The molecule has 1 amide bonds. The number of nitrogens with one attached hydrogen (secondary N) is 1. The molecule has 3 aromatic heterocycles. The quantitative estimate of drug-likeness (QED) is 0.488. The predicted molar refractivity (Wildman–Crippen MR) is 119 cm³/mol. The molecular weight excluding hydrogens is 421 g/mol. The van der Waals surface area contributed by atoms with E-state index in [2.05, 4.69) is 34.3 Å². The van der Waals surface area contributed by atoms with Crippen molar-refractivity contribution in [1.82, 2.24) is 25.4 Å². The number of hydrogen-bond acceptors (Lipinski definition) is 6. The molecule has 33 heavy (non-hydrogen) atoms. The Balaban J connectivity index is 1.41. The van der Waals surface area contributed by atoms with Gasteiger partial charge in [0.15, 0.2) is 5.82 Å². The Labute approximate surface area is 190 Å². The summed E-state index contributed by atoms with van der Waals surface area (Å²) >= 11 is 0. The Morgan fingerprint density at radius 2 is 1.97 bits per heavy atom. The molecule has 7 nitrogen and oxygen atoms in total. The highest BCUT2D eigenvalue weighted by Crippen LogP contribution is 2.40. The van der Waals surface area contributed by atoms with Crippen LogP contribution in [0.4, 0.5) is 4.39 Å². The van der Waals surface area contributed by atoms with Crippen LogP contribution in [0.25, 0.3) is 22.6 Å². The van der Waals surface area contributed by atoms with Gasteiger partial charge in [0.25, 0.3) is 5.91 Å². The van der Waals surface area contributed by atoms with Gasteiger partial charge in [0.2, 0.25) is 5.76 Å². The van der Waals surface area contributed by atoms with E-state index in [0.717, 1.165) is 29.7 Å². The molecule has 4 aromatic rings. The molecule has 0 bridgehead atoms. The highest BCUT2D eigenvalue weighted by molar-refractivity contribution is 5.92. The fourth-order valence-corrected chi connectivity index (χ4v) is 4.22. The maximum Gasteiger partial charge on any atom is 0.290 e. The lowest BCUT2D eigenvalue weighted by atomic mass is 9.74. The highest BCUT2D eigenvalue weighted by Gasteiger charge is 2.35. The van der Waals surface area contributed by atoms with Crippen molar-refractivity contribution >= 4 is 5.91 Å². The van der Waals surface area contributed by atoms with Crippen LogP contribution in [-0.4, -0.2) is 26.0 Å². The number of fused-ring (bicyclic) bond motifs is 1. The maximum absolute atomic E-state index is 14.1. The van der Waals surface area contributed by atoms with Crippen LogP contribution in [0.3, 0.4) is 0 Å². The molecule has 5 rings (SSSR count). The minimum absolute atomic E-state index is 0.0208. The standard InChI is InChI=1S/C25H22FN5O2/c1-25(2)12-20-17(14-28-23(29-20)15-7-9-27-10-8-15)21(13-25)30-24(32)22-11-19(31-33-22)16-5-3-4-6-18(16)26/h3-11,14,21H,12-13H2,1-2H3,(H,30,32)/t21-/m1/s1. The fourth-order valence-electron chi connectivity index (χ4n) is 4.22. The summed E-state index contributed by atoms with van der Waals surface area (Å²) in [5.41, 5.74) is 3.15. The van der Waals surface area contributed by atoms with Crippen LogP contribution < -0.4 is 5.32 Å². The monoisotopic (exact) mass is 443 g/mol. The molecule has 1 N–H and O–H groups in total. The maximum atomic E-state index is 14.1. The number of nitrogens with zero attached hydrogens (tertiary/aromatic N) is 4. The lowest BCUT2D eigenvalue weighted by Crippen LogP contribution is -2.37. The number of carbonyl (C=O) groups excluding carboxylic acids is 1. The summed E-state index contributed by atoms with van der Waals surface area (Å²) in [6.07, 6.45) is 6.69. The summed E-state index contributed by atoms with van der Waals surface area (Å²) in [5.74, 6) is -0.198. The van der Waals surface area contributed by atoms with E-state index >= 15 is 0 Å². The molecule has 1 aliphatic rings. The van der Waals surface area contributed by atoms with Crippen LogP contribution in [0.5, 0.6) is 0 Å². The van der Waals surface area contributed by atoms with E-state index in [9.17, 15) is 9.18 Å². The molecule has 8 heteroatoms. The SMILES string of the molecule is CC1(C)Cc2nc(-c3ccncc3)ncc2[C@H](NC(=O)c2cc(-c3ccccc3F)no2)C1. The summed E-state index contributed by atoms with van der Waals surface area (Å²) in [6.45, 7) is 4.29. The Bertz CT molecular complexity index is 1320. The van der Waals surface area contributed by atoms with Crippen molar-refractivity contribution in [3.63, 3.8) is 0 Å². The van der Waals surface area contributed by atoms with Crippen LogP contribution in [0.1, 0.15) is 48.1 Å². The number of hydrogen-bond donors (Lipinski definition) is 1. The van der Waals surface area contributed by atoms with E-state index in [4.69, 9.17) is 9.51 Å². The van der Waals surface area contributed by atoms with Gasteiger partial charge < -0.3 is 9.84 Å². The fraction of sp³-hybridized carbons (Fsp3) is 0.240. The zero-order valence-electron chi connectivity index (χ0n) is 18.2. The van der Waals surface area contributed by atoms with Gasteiger partial charge in [-0.2, -0.15) is 0 Å². The molecule has 0 fully saturated rings. The van der Waals surface area contributed by atoms with Crippen LogP contribution in [-0.2, 0) is 6.42 Å². The van der Waals surface area contributed by atoms with Gasteiger partial charge in [0.1, 0.15) is 11.5 Å². The van der Waals surface area contributed by atoms with E-state index in [0.29, 0.717) is 5.82 Å². The third-order valence-electron chi connectivity index (χ3n) is 5.81. The number of rotatable bonds is 4. The lowest BCUT2D eigenvalue weighted by Gasteiger charge is -2.36. The number of amides is 1. The Morgan fingerprint density at radius 1 is 1.18 bits per heavy atom. The van der Waals surface area contributed by atoms with Crippen molar-refractivity contribution in [3.8, 4) is 22.6 Å². The molecule has 1 aromatic carbocycles. The Hall–Kier alpha value is -3.94. The average Bonchev–Trinajstić information content (AvgIpc) is 3.29. The third kappa shape index (κ3) is 4.24. The summed E-state index contributed by atoms with van der Waals surface area (Å²) in [7, 11) is 0. The largest absolute Gasteiger partial charge is 0.350 e. The zero-order chi connectivity index (χ0) is 23.0. The predicted octanol–water partition coefficient (Wildman–Crippen LogP) is 4.78. The van der Waals surface area contributed by atoms with Crippen molar-refractivity contribution in [2.24, 2.45) is 5.41 Å². The second-order valence-corrected chi connectivity index (χ2v) is 8.96. The average molecular weight is 443 g/mol. The van der Waals surface area contributed by atoms with Gasteiger partial charge in [-0.05, 0) is 42.5 Å². The molecule has 1 atom stereocenters. The third-order valence-corrected chi connectivity index (χ3v) is 5.81. The molecular formula is C25H22FN5O2. The van der Waals surface area contributed by atoms with Crippen LogP contribution in [0, 0.1) is 11.2 Å². The van der Waals surface area contributed by atoms with Crippen molar-refractivity contribution in [2.45, 2.75) is 32.7 Å². The number of aromatic nitrogens is 4. The topological polar surface area (TPSA) is 93.8 Å². The van der Waals surface area contributed by atoms with Crippen LogP contribution in [0.15, 0.2) is 65.6 Å². The van der Waals surface area contributed by atoms with E-state index in [1.165, 1.54) is 12.1 Å². The van der Waals surface area contributed by atoms with Gasteiger partial charge in [-0.15, -0.1) is 0 Å². The summed E-state index contributed by atoms with van der Waals surface area (Å²) < 4.78 is 19.3. The van der Waals surface area contributed by atoms with Crippen molar-refractivity contribution in [2.75, 3.05) is 0 Å². The molecule has 0 saturated carbocycles. The van der Waals surface area contributed by atoms with Gasteiger partial charge in [-0.25, -0.2) is 14.4 Å². The molecule has 166 valence electrons. The van der Waals surface area contributed by atoms with Crippen LogP contribution >= 0.6 is 0 Å². The first-order chi connectivity index (χ1) is 15.9. The molecule has 0 unspecified atom stereocenters. The van der Waals surface area contributed by atoms with Gasteiger partial charge in [-0.1, -0.05) is 31.1 Å². The van der Waals surface area contributed by atoms with Crippen molar-refractivity contribution < 1.29 is 13.7 Å². The molecule has 0 spiro atoms. The molecule has 3 heterocycles. The normalized spacial score (nSPS) is 16.8. The lowest BCUT2D eigenvalue weighted by molar-refractivity contribution is 0.0881. The van der Waals surface area contributed by atoms with Gasteiger partial charge in [-0.3, -0.25) is 9.78 Å². The first-order valence-corrected chi connectivity index (χ1v) is 10.7. The first kappa shape index (κ1) is 20.9.